The maximum absolute atomic E-state index is 13.3. The molecule has 0 unspecified atom stereocenters. The second-order valence-electron chi connectivity index (χ2n) is 8.61. The molecule has 12 heteroatoms. The molecule has 192 valence electrons. The molecule has 1 saturated carbocycles. The normalized spacial score (nSPS) is 15.0. The number of ether oxygens (including phenoxy) is 2. The molecule has 0 amide bonds. The summed E-state index contributed by atoms with van der Waals surface area (Å²) in [5.74, 6) is 2.93. The van der Waals surface area contributed by atoms with Crippen LogP contribution in [0.1, 0.15) is 24.0 Å². The summed E-state index contributed by atoms with van der Waals surface area (Å²) in [7, 11) is -1.37. The van der Waals surface area contributed by atoms with Gasteiger partial charge in [0.15, 0.2) is 11.4 Å². The lowest BCUT2D eigenvalue weighted by molar-refractivity contribution is -0.0936. The summed E-state index contributed by atoms with van der Waals surface area (Å²) in [6.45, 7) is 0.455. The van der Waals surface area contributed by atoms with Crippen molar-refractivity contribution in [2.75, 3.05) is 18.9 Å². The summed E-state index contributed by atoms with van der Waals surface area (Å²) >= 11 is 0. The van der Waals surface area contributed by atoms with Gasteiger partial charge >= 0.3 is 0 Å². The van der Waals surface area contributed by atoms with Crippen LogP contribution in [0.5, 0.6) is 11.5 Å². The molecule has 2 aromatic carbocycles. The van der Waals surface area contributed by atoms with Gasteiger partial charge in [-0.25, -0.2) is 17.2 Å². The van der Waals surface area contributed by atoms with Crippen molar-refractivity contribution in [2.24, 2.45) is 5.92 Å². The summed E-state index contributed by atoms with van der Waals surface area (Å²) in [6.07, 6.45) is 2.94. The molecule has 4 aromatic rings. The van der Waals surface area contributed by atoms with E-state index in [1.165, 1.54) is 32.4 Å². The third-order valence-corrected chi connectivity index (χ3v) is 7.29. The molecule has 1 aliphatic rings. The first-order valence-electron chi connectivity index (χ1n) is 11.2. The lowest BCUT2D eigenvalue weighted by atomic mass is 9.82. The molecular weight excluding hydrogens is 506 g/mol. The van der Waals surface area contributed by atoms with Gasteiger partial charge in [0, 0.05) is 36.7 Å². The quantitative estimate of drug-likeness (QED) is 0.357. The minimum absolute atomic E-state index is 0.0412. The number of hydrogen-bond donors (Lipinski definition) is 1. The Balaban J connectivity index is 1.41. The van der Waals surface area contributed by atoms with Crippen LogP contribution in [-0.4, -0.2) is 43.5 Å². The number of benzene rings is 2. The molecule has 0 aliphatic heterocycles. The lowest BCUT2D eigenvalue weighted by Crippen LogP contribution is -2.34. The zero-order chi connectivity index (χ0) is 26.2. The molecule has 37 heavy (non-hydrogen) atoms. The molecule has 9 nitrogen and oxygen atoms in total. The zero-order valence-corrected chi connectivity index (χ0v) is 20.7. The van der Waals surface area contributed by atoms with Gasteiger partial charge in [-0.05, 0) is 42.0 Å². The van der Waals surface area contributed by atoms with Crippen molar-refractivity contribution in [3.05, 3.63) is 59.9 Å². The van der Waals surface area contributed by atoms with E-state index in [0.717, 1.165) is 5.56 Å². The highest BCUT2D eigenvalue weighted by Gasteiger charge is 2.44. The second kappa shape index (κ2) is 9.40. The topological polar surface area (TPSA) is 108 Å². The smallest absolute Gasteiger partial charge is 0.266 e. The van der Waals surface area contributed by atoms with Crippen LogP contribution >= 0.6 is 0 Å². The number of nitrogens with one attached hydrogen (secondary N) is 1. The van der Waals surface area contributed by atoms with E-state index in [-0.39, 0.29) is 35.2 Å². The molecule has 0 atom stereocenters. The van der Waals surface area contributed by atoms with Crippen LogP contribution in [0.4, 0.5) is 14.6 Å². The highest BCUT2D eigenvalue weighted by Crippen LogP contribution is 2.42. The van der Waals surface area contributed by atoms with Gasteiger partial charge in [0.05, 0.1) is 20.8 Å². The van der Waals surface area contributed by atoms with Gasteiger partial charge in [-0.2, -0.15) is 5.10 Å². The average molecular weight is 529 g/mol. The second-order valence-corrected chi connectivity index (χ2v) is 10.3. The van der Waals surface area contributed by atoms with Crippen LogP contribution in [0.15, 0.2) is 58.2 Å². The number of alkyl halides is 2. The lowest BCUT2D eigenvalue weighted by Gasteiger charge is -2.31. The van der Waals surface area contributed by atoms with E-state index in [4.69, 9.17) is 14.0 Å². The van der Waals surface area contributed by atoms with E-state index >= 15 is 0 Å². The molecule has 0 saturated heterocycles. The van der Waals surface area contributed by atoms with Crippen LogP contribution < -0.4 is 14.2 Å². The number of methoxy groups -OCH3 is 2. The maximum Gasteiger partial charge on any atom is 0.266 e. The monoisotopic (exact) mass is 528 g/mol. The van der Waals surface area contributed by atoms with E-state index in [1.807, 2.05) is 6.20 Å². The fraction of sp³-hybridized carbons (Fsp3) is 0.280. The molecule has 2 aromatic heterocycles. The number of anilines is 1. The molecule has 0 bridgehead atoms. The van der Waals surface area contributed by atoms with Crippen molar-refractivity contribution in [1.82, 2.24) is 14.9 Å². The number of hydrogen-bond acceptors (Lipinski definition) is 7. The van der Waals surface area contributed by atoms with Crippen molar-refractivity contribution in [2.45, 2.75) is 30.2 Å². The van der Waals surface area contributed by atoms with E-state index in [2.05, 4.69) is 26.8 Å². The third kappa shape index (κ3) is 5.08. The molecular formula is C25H22F2N4O5S. The number of rotatable bonds is 7. The minimum atomic E-state index is -4.17. The van der Waals surface area contributed by atoms with Crippen LogP contribution in [-0.2, 0) is 16.6 Å². The first kappa shape index (κ1) is 24.6. The molecule has 5 rings (SSSR count). The molecule has 2 heterocycles. The van der Waals surface area contributed by atoms with Crippen LogP contribution in [0, 0.1) is 17.8 Å². The van der Waals surface area contributed by atoms with E-state index in [0.29, 0.717) is 28.8 Å². The zero-order valence-electron chi connectivity index (χ0n) is 19.9. The fourth-order valence-electron chi connectivity index (χ4n) is 4.09. The van der Waals surface area contributed by atoms with Gasteiger partial charge in [-0.1, -0.05) is 17.0 Å². The summed E-state index contributed by atoms with van der Waals surface area (Å²) in [5, 5.41) is 8.44. The molecule has 1 N–H and O–H groups in total. The predicted octanol–water partition coefficient (Wildman–Crippen LogP) is 4.29. The highest BCUT2D eigenvalue weighted by atomic mass is 32.2. The molecule has 1 fully saturated rings. The Kier molecular flexibility index (Phi) is 6.25. The third-order valence-electron chi connectivity index (χ3n) is 5.92. The summed E-state index contributed by atoms with van der Waals surface area (Å²) in [5.41, 5.74) is 1.60. The van der Waals surface area contributed by atoms with Gasteiger partial charge in [-0.15, -0.1) is 0 Å². The molecule has 1 aliphatic carbocycles. The Morgan fingerprint density at radius 1 is 1.19 bits per heavy atom. The van der Waals surface area contributed by atoms with Crippen LogP contribution in [0.2, 0.25) is 0 Å². The Hall–Kier alpha value is -4.11. The summed E-state index contributed by atoms with van der Waals surface area (Å²) in [4.78, 5) is -0.152. The van der Waals surface area contributed by atoms with E-state index < -0.39 is 15.9 Å². The van der Waals surface area contributed by atoms with E-state index in [1.54, 1.807) is 29.1 Å². The van der Waals surface area contributed by atoms with Crippen LogP contribution in [0.3, 0.4) is 0 Å². The summed E-state index contributed by atoms with van der Waals surface area (Å²) in [6, 6.07) is 9.56. The van der Waals surface area contributed by atoms with Gasteiger partial charge < -0.3 is 14.0 Å². The Morgan fingerprint density at radius 2 is 1.97 bits per heavy atom. The van der Waals surface area contributed by atoms with Gasteiger partial charge in [-0.3, -0.25) is 9.40 Å². The largest absolute Gasteiger partial charge is 0.496 e. The van der Waals surface area contributed by atoms with Gasteiger partial charge in [0.25, 0.3) is 15.9 Å². The first-order valence-corrected chi connectivity index (χ1v) is 12.7. The fourth-order valence-corrected chi connectivity index (χ4v) is 5.25. The van der Waals surface area contributed by atoms with Crippen molar-refractivity contribution < 1.29 is 31.2 Å². The standard InChI is InChI=1S/C25H22F2N4O5S/c1-34-19-10-16(4-5-17-13-25(26,27)14-17)6-7-22(19)37(32,33)30-24-23-20(35-2)11-18(12-21(23)36-29-24)15-31-9-3-8-28-31/h3,6-12,17H,13-15H2,1-2H3,(H,29,30). The van der Waals surface area contributed by atoms with E-state index in [9.17, 15) is 17.2 Å². The average Bonchev–Trinajstić information content (AvgIpc) is 3.50. The Morgan fingerprint density at radius 3 is 2.65 bits per heavy atom. The SMILES string of the molecule is COc1cc(C#CC2CC(F)(F)C2)ccc1S(=O)(=O)Nc1noc2cc(Cn3cccn3)cc(OC)c12. The van der Waals surface area contributed by atoms with Crippen molar-refractivity contribution in [3.8, 4) is 23.3 Å². The number of halogens is 2. The first-order chi connectivity index (χ1) is 17.7. The number of aromatic nitrogens is 3. The van der Waals surface area contributed by atoms with Gasteiger partial charge in [0.2, 0.25) is 0 Å². The number of fused-ring (bicyclic) bond motifs is 1. The number of nitrogens with zero attached hydrogens (tertiary/aromatic N) is 3. The van der Waals surface area contributed by atoms with Crippen molar-refractivity contribution in [1.29, 1.82) is 0 Å². The van der Waals surface area contributed by atoms with Gasteiger partial charge in [0.1, 0.15) is 21.8 Å². The predicted molar refractivity (Wildman–Crippen MR) is 130 cm³/mol. The highest BCUT2D eigenvalue weighted by molar-refractivity contribution is 7.92. The maximum atomic E-state index is 13.3. The minimum Gasteiger partial charge on any atom is -0.496 e. The Labute approximate surface area is 211 Å². The number of sulfonamides is 1. The summed E-state index contributed by atoms with van der Waals surface area (Å²) < 4.78 is 72.9. The molecule has 0 spiro atoms. The molecule has 0 radical (unpaired) electrons. The van der Waals surface area contributed by atoms with Crippen LogP contribution in [0.25, 0.3) is 11.0 Å². The van der Waals surface area contributed by atoms with Crippen molar-refractivity contribution in [3.63, 3.8) is 0 Å². The Bertz CT molecular complexity index is 1610. The van der Waals surface area contributed by atoms with Crippen molar-refractivity contribution >= 4 is 26.8 Å².